The van der Waals surface area contributed by atoms with Crippen LogP contribution in [0.1, 0.15) is 24.0 Å². The zero-order chi connectivity index (χ0) is 19.8. The van der Waals surface area contributed by atoms with E-state index in [0.29, 0.717) is 0 Å². The molecule has 1 aliphatic rings. The molecule has 0 saturated carbocycles. The Bertz CT molecular complexity index is 795. The van der Waals surface area contributed by atoms with Crippen molar-refractivity contribution in [3.05, 3.63) is 70.5 Å². The summed E-state index contributed by atoms with van der Waals surface area (Å²) in [5.74, 6) is 0.548. The van der Waals surface area contributed by atoms with Crippen molar-refractivity contribution in [3.8, 4) is 0 Å². The van der Waals surface area contributed by atoms with Gasteiger partial charge in [-0.3, -0.25) is 4.99 Å². The zero-order valence-electron chi connectivity index (χ0n) is 16.6. The number of hydrogen-bond donors (Lipinski definition) is 2. The molecule has 0 radical (unpaired) electrons. The molecule has 1 fully saturated rings. The molecule has 2 aromatic rings. The van der Waals surface area contributed by atoms with Crippen molar-refractivity contribution in [2.24, 2.45) is 4.99 Å². The predicted molar refractivity (Wildman–Crippen MR) is 128 cm³/mol. The Morgan fingerprint density at radius 3 is 2.52 bits per heavy atom. The third-order valence-electron chi connectivity index (χ3n) is 5.32. The van der Waals surface area contributed by atoms with Gasteiger partial charge in [0.15, 0.2) is 5.96 Å². The molecule has 0 atom stereocenters. The van der Waals surface area contributed by atoms with Gasteiger partial charge in [0.1, 0.15) is 5.82 Å². The SMILES string of the molecule is CN=C(NCCc1ccc(F)cc1)NCC1(c2cccc(Cl)c2)CCOCC1.I. The van der Waals surface area contributed by atoms with E-state index >= 15 is 0 Å². The van der Waals surface area contributed by atoms with Gasteiger partial charge in [0.2, 0.25) is 0 Å². The predicted octanol–water partition coefficient (Wildman–Crippen LogP) is 4.55. The van der Waals surface area contributed by atoms with Crippen LogP contribution in [0.5, 0.6) is 0 Å². The molecule has 29 heavy (non-hydrogen) atoms. The molecule has 0 bridgehead atoms. The maximum Gasteiger partial charge on any atom is 0.191 e. The standard InChI is InChI=1S/C22H27ClFN3O.HI/c1-25-21(26-12-9-17-5-7-20(24)8-6-17)27-16-22(10-13-28-14-11-22)18-3-2-4-19(23)15-18;/h2-8,15H,9-14,16H2,1H3,(H2,25,26,27);1H. The van der Waals surface area contributed by atoms with Crippen molar-refractivity contribution in [2.75, 3.05) is 33.4 Å². The summed E-state index contributed by atoms with van der Waals surface area (Å²) in [6, 6.07) is 14.7. The largest absolute Gasteiger partial charge is 0.381 e. The first-order valence-corrected chi connectivity index (χ1v) is 10.0. The summed E-state index contributed by atoms with van der Waals surface area (Å²) in [4.78, 5) is 4.34. The molecule has 1 aliphatic heterocycles. The van der Waals surface area contributed by atoms with E-state index in [9.17, 15) is 4.39 Å². The van der Waals surface area contributed by atoms with E-state index in [1.165, 1.54) is 17.7 Å². The van der Waals surface area contributed by atoms with Crippen LogP contribution in [0.2, 0.25) is 5.02 Å². The maximum atomic E-state index is 13.0. The van der Waals surface area contributed by atoms with Gasteiger partial charge in [-0.2, -0.15) is 0 Å². The lowest BCUT2D eigenvalue weighted by atomic mass is 9.74. The van der Waals surface area contributed by atoms with E-state index in [0.717, 1.165) is 62.1 Å². The molecule has 0 aromatic heterocycles. The summed E-state index contributed by atoms with van der Waals surface area (Å²) < 4.78 is 18.6. The number of hydrogen-bond acceptors (Lipinski definition) is 2. The van der Waals surface area contributed by atoms with Crippen molar-refractivity contribution in [1.82, 2.24) is 10.6 Å². The molecule has 7 heteroatoms. The van der Waals surface area contributed by atoms with E-state index in [-0.39, 0.29) is 35.2 Å². The minimum Gasteiger partial charge on any atom is -0.381 e. The Hall–Kier alpha value is -1.38. The molecule has 0 aliphatic carbocycles. The highest BCUT2D eigenvalue weighted by Gasteiger charge is 2.34. The van der Waals surface area contributed by atoms with Crippen LogP contribution in [-0.2, 0) is 16.6 Å². The van der Waals surface area contributed by atoms with Gasteiger partial charge in [0.25, 0.3) is 0 Å². The average Bonchev–Trinajstić information content (AvgIpc) is 2.72. The van der Waals surface area contributed by atoms with Gasteiger partial charge in [0, 0.05) is 43.8 Å². The number of nitrogens with one attached hydrogen (secondary N) is 2. The van der Waals surface area contributed by atoms with Gasteiger partial charge >= 0.3 is 0 Å². The lowest BCUT2D eigenvalue weighted by Gasteiger charge is -2.38. The Labute approximate surface area is 194 Å². The van der Waals surface area contributed by atoms with E-state index in [1.54, 1.807) is 7.05 Å². The molecular formula is C22H28ClFIN3O. The molecule has 158 valence electrons. The van der Waals surface area contributed by atoms with E-state index < -0.39 is 0 Å². The van der Waals surface area contributed by atoms with Gasteiger partial charge in [0.05, 0.1) is 0 Å². The molecule has 0 amide bonds. The quantitative estimate of drug-likeness (QED) is 0.327. The molecule has 4 nitrogen and oxygen atoms in total. The fourth-order valence-electron chi connectivity index (χ4n) is 3.60. The minimum absolute atomic E-state index is 0. The summed E-state index contributed by atoms with van der Waals surface area (Å²) in [6.07, 6.45) is 2.67. The molecular weight excluding hydrogens is 504 g/mol. The number of nitrogens with zero attached hydrogens (tertiary/aromatic N) is 1. The normalized spacial score (nSPS) is 16.0. The van der Waals surface area contributed by atoms with E-state index in [1.807, 2.05) is 24.3 Å². The van der Waals surface area contributed by atoms with Crippen LogP contribution in [0, 0.1) is 5.82 Å². The van der Waals surface area contributed by atoms with E-state index in [2.05, 4.69) is 27.8 Å². The van der Waals surface area contributed by atoms with Crippen LogP contribution in [0.4, 0.5) is 4.39 Å². The fourth-order valence-corrected chi connectivity index (χ4v) is 3.79. The van der Waals surface area contributed by atoms with Gasteiger partial charge < -0.3 is 15.4 Å². The topological polar surface area (TPSA) is 45.7 Å². The van der Waals surface area contributed by atoms with Crippen LogP contribution in [-0.4, -0.2) is 39.3 Å². The third-order valence-corrected chi connectivity index (χ3v) is 5.56. The highest BCUT2D eigenvalue weighted by atomic mass is 127. The number of rotatable bonds is 6. The van der Waals surface area contributed by atoms with Crippen molar-refractivity contribution in [3.63, 3.8) is 0 Å². The molecule has 0 spiro atoms. The average molecular weight is 532 g/mol. The first kappa shape index (κ1) is 23.9. The Kier molecular flexibility index (Phi) is 9.65. The first-order valence-electron chi connectivity index (χ1n) is 9.64. The second-order valence-corrected chi connectivity index (χ2v) is 7.57. The van der Waals surface area contributed by atoms with Crippen molar-refractivity contribution >= 4 is 41.5 Å². The van der Waals surface area contributed by atoms with Gasteiger partial charge in [-0.1, -0.05) is 35.9 Å². The summed E-state index contributed by atoms with van der Waals surface area (Å²) >= 11 is 6.24. The summed E-state index contributed by atoms with van der Waals surface area (Å²) in [5, 5.41) is 7.57. The third kappa shape index (κ3) is 6.83. The number of benzene rings is 2. The Morgan fingerprint density at radius 1 is 1.14 bits per heavy atom. The molecule has 3 rings (SSSR count). The van der Waals surface area contributed by atoms with Gasteiger partial charge in [-0.25, -0.2) is 4.39 Å². The molecule has 1 heterocycles. The molecule has 0 unspecified atom stereocenters. The molecule has 2 N–H and O–H groups in total. The maximum absolute atomic E-state index is 13.0. The fraction of sp³-hybridized carbons (Fsp3) is 0.409. The highest BCUT2D eigenvalue weighted by Crippen LogP contribution is 2.35. The van der Waals surface area contributed by atoms with Crippen molar-refractivity contribution < 1.29 is 9.13 Å². The van der Waals surface area contributed by atoms with Gasteiger partial charge in [-0.05, 0) is 54.7 Å². The molecule has 2 aromatic carbocycles. The first-order chi connectivity index (χ1) is 13.6. The highest BCUT2D eigenvalue weighted by molar-refractivity contribution is 14.0. The lowest BCUT2D eigenvalue weighted by molar-refractivity contribution is 0.0514. The van der Waals surface area contributed by atoms with Crippen LogP contribution < -0.4 is 10.6 Å². The summed E-state index contributed by atoms with van der Waals surface area (Å²) in [5.41, 5.74) is 2.29. The van der Waals surface area contributed by atoms with Gasteiger partial charge in [-0.15, -0.1) is 24.0 Å². The lowest BCUT2D eigenvalue weighted by Crippen LogP contribution is -2.48. The Balaban J connectivity index is 0.00000300. The monoisotopic (exact) mass is 531 g/mol. The van der Waals surface area contributed by atoms with Crippen LogP contribution in [0.3, 0.4) is 0 Å². The van der Waals surface area contributed by atoms with Crippen LogP contribution >= 0.6 is 35.6 Å². The smallest absolute Gasteiger partial charge is 0.191 e. The van der Waals surface area contributed by atoms with Crippen molar-refractivity contribution in [2.45, 2.75) is 24.7 Å². The van der Waals surface area contributed by atoms with Crippen molar-refractivity contribution in [1.29, 1.82) is 0 Å². The van der Waals surface area contributed by atoms with E-state index in [4.69, 9.17) is 16.3 Å². The number of halogens is 3. The summed E-state index contributed by atoms with van der Waals surface area (Å²) in [7, 11) is 1.77. The zero-order valence-corrected chi connectivity index (χ0v) is 19.7. The minimum atomic E-state index is -0.211. The second kappa shape index (κ2) is 11.7. The Morgan fingerprint density at radius 2 is 1.86 bits per heavy atom. The number of guanidine groups is 1. The van der Waals surface area contributed by atoms with Crippen LogP contribution in [0.15, 0.2) is 53.5 Å². The number of ether oxygens (including phenoxy) is 1. The molecule has 1 saturated heterocycles. The van der Waals surface area contributed by atoms with Crippen LogP contribution in [0.25, 0.3) is 0 Å². The summed E-state index contributed by atoms with van der Waals surface area (Å²) in [6.45, 7) is 2.96. The second-order valence-electron chi connectivity index (χ2n) is 7.13. The number of aliphatic imine (C=N–C) groups is 1.